The van der Waals surface area contributed by atoms with Crippen LogP contribution in [0.25, 0.3) is 0 Å². The molecule has 2 N–H and O–H groups in total. The van der Waals surface area contributed by atoms with Crippen molar-refractivity contribution in [2.45, 2.75) is 10.7 Å². The van der Waals surface area contributed by atoms with Gasteiger partial charge in [0.2, 0.25) is 4.32 Å². The molecule has 0 saturated heterocycles. The molecule has 0 fully saturated rings. The summed E-state index contributed by atoms with van der Waals surface area (Å²) in [6, 6.07) is 8.60. The van der Waals surface area contributed by atoms with E-state index in [-0.39, 0.29) is 6.42 Å². The lowest BCUT2D eigenvalue weighted by molar-refractivity contribution is -0.151. The first-order valence-corrected chi connectivity index (χ1v) is 4.96. The highest BCUT2D eigenvalue weighted by Crippen LogP contribution is 2.24. The lowest BCUT2D eigenvalue weighted by Crippen LogP contribution is -2.42. The van der Waals surface area contributed by atoms with Gasteiger partial charge in [0, 0.05) is 6.42 Å². The van der Waals surface area contributed by atoms with E-state index in [1.807, 2.05) is 0 Å². The van der Waals surface area contributed by atoms with Gasteiger partial charge in [-0.1, -0.05) is 46.3 Å². The third-order valence-corrected chi connectivity index (χ3v) is 2.93. The molecule has 1 aromatic rings. The SMILES string of the molecule is O=C(O)C(Br)(Cc1ccccc1)C(=O)O. The van der Waals surface area contributed by atoms with Crippen molar-refractivity contribution in [1.29, 1.82) is 0 Å². The largest absolute Gasteiger partial charge is 0.480 e. The van der Waals surface area contributed by atoms with Crippen molar-refractivity contribution in [1.82, 2.24) is 0 Å². The molecule has 0 bridgehead atoms. The van der Waals surface area contributed by atoms with Gasteiger partial charge < -0.3 is 10.2 Å². The van der Waals surface area contributed by atoms with Gasteiger partial charge in [0.15, 0.2) is 0 Å². The molecule has 1 rings (SSSR count). The van der Waals surface area contributed by atoms with E-state index in [0.29, 0.717) is 5.56 Å². The second-order valence-corrected chi connectivity index (χ2v) is 4.43. The fourth-order valence-electron chi connectivity index (χ4n) is 1.12. The minimum Gasteiger partial charge on any atom is -0.480 e. The summed E-state index contributed by atoms with van der Waals surface area (Å²) < 4.78 is -1.95. The van der Waals surface area contributed by atoms with Crippen molar-refractivity contribution in [3.63, 3.8) is 0 Å². The van der Waals surface area contributed by atoms with Gasteiger partial charge >= 0.3 is 11.9 Å². The highest BCUT2D eigenvalue weighted by Gasteiger charge is 2.44. The molecule has 0 aromatic heterocycles. The van der Waals surface area contributed by atoms with E-state index >= 15 is 0 Å². The summed E-state index contributed by atoms with van der Waals surface area (Å²) in [6.45, 7) is 0. The maximum atomic E-state index is 10.8. The van der Waals surface area contributed by atoms with E-state index in [1.165, 1.54) is 0 Å². The molecule has 0 aliphatic carbocycles. The molecule has 0 spiro atoms. The van der Waals surface area contributed by atoms with Crippen LogP contribution < -0.4 is 0 Å². The van der Waals surface area contributed by atoms with Crippen molar-refractivity contribution >= 4 is 27.9 Å². The van der Waals surface area contributed by atoms with Gasteiger partial charge in [-0.2, -0.15) is 0 Å². The Hall–Kier alpha value is -1.36. The third-order valence-electron chi connectivity index (χ3n) is 1.97. The van der Waals surface area contributed by atoms with Crippen LogP contribution in [-0.2, 0) is 16.0 Å². The number of carboxylic acids is 2. The van der Waals surface area contributed by atoms with Crippen LogP contribution in [-0.4, -0.2) is 26.5 Å². The van der Waals surface area contributed by atoms with Gasteiger partial charge in [0.05, 0.1) is 0 Å². The highest BCUT2D eigenvalue weighted by molar-refractivity contribution is 9.10. The first kappa shape index (κ1) is 11.7. The molecular formula is C10H9BrO4. The van der Waals surface area contributed by atoms with Gasteiger partial charge in [-0.05, 0) is 5.56 Å². The average molecular weight is 273 g/mol. The zero-order valence-corrected chi connectivity index (χ0v) is 9.27. The minimum atomic E-state index is -1.95. The van der Waals surface area contributed by atoms with E-state index in [0.717, 1.165) is 0 Å². The molecule has 0 aliphatic rings. The predicted octanol–water partition coefficient (Wildman–Crippen LogP) is 1.53. The molecule has 4 nitrogen and oxygen atoms in total. The second-order valence-electron chi connectivity index (χ2n) is 3.07. The van der Waals surface area contributed by atoms with E-state index in [4.69, 9.17) is 10.2 Å². The highest BCUT2D eigenvalue weighted by atomic mass is 79.9. The average Bonchev–Trinajstić information content (AvgIpc) is 2.18. The van der Waals surface area contributed by atoms with Crippen LogP contribution in [0, 0.1) is 0 Å². The number of aliphatic carboxylic acids is 2. The fraction of sp³-hybridized carbons (Fsp3) is 0.200. The van der Waals surface area contributed by atoms with Crippen molar-refractivity contribution in [3.8, 4) is 0 Å². The molecule has 5 heteroatoms. The van der Waals surface area contributed by atoms with Crippen LogP contribution in [0.15, 0.2) is 30.3 Å². The molecule has 0 saturated carbocycles. The maximum absolute atomic E-state index is 10.8. The summed E-state index contributed by atoms with van der Waals surface area (Å²) in [5.74, 6) is -2.81. The van der Waals surface area contributed by atoms with Crippen LogP contribution >= 0.6 is 15.9 Å². The molecule has 80 valence electrons. The van der Waals surface area contributed by atoms with Crippen LogP contribution in [0.5, 0.6) is 0 Å². The first-order valence-electron chi connectivity index (χ1n) is 4.16. The zero-order valence-electron chi connectivity index (χ0n) is 7.68. The molecule has 0 aliphatic heterocycles. The minimum absolute atomic E-state index is 0.0987. The smallest absolute Gasteiger partial charge is 0.332 e. The molecule has 15 heavy (non-hydrogen) atoms. The Morgan fingerprint density at radius 3 is 2.00 bits per heavy atom. The molecule has 0 unspecified atom stereocenters. The number of carboxylic acid groups (broad SMARTS) is 2. The van der Waals surface area contributed by atoms with Gasteiger partial charge in [0.1, 0.15) is 0 Å². The Morgan fingerprint density at radius 2 is 1.60 bits per heavy atom. The Bertz CT molecular complexity index is 360. The lowest BCUT2D eigenvalue weighted by atomic mass is 9.99. The molecule has 0 amide bonds. The van der Waals surface area contributed by atoms with Gasteiger partial charge in [-0.15, -0.1) is 0 Å². The summed E-state index contributed by atoms with van der Waals surface area (Å²) in [5.41, 5.74) is 0.652. The predicted molar refractivity (Wildman–Crippen MR) is 57.1 cm³/mol. The normalized spacial score (nSPS) is 11.0. The third kappa shape index (κ3) is 2.56. The number of hydrogen-bond donors (Lipinski definition) is 2. The molecule has 0 radical (unpaired) electrons. The van der Waals surface area contributed by atoms with E-state index in [9.17, 15) is 9.59 Å². The summed E-state index contributed by atoms with van der Waals surface area (Å²) in [4.78, 5) is 21.7. The van der Waals surface area contributed by atoms with E-state index < -0.39 is 16.3 Å². The number of alkyl halides is 1. The first-order chi connectivity index (χ1) is 6.97. The number of carbonyl (C=O) groups is 2. The van der Waals surface area contributed by atoms with Crippen molar-refractivity contribution in [2.24, 2.45) is 0 Å². The molecular weight excluding hydrogens is 264 g/mol. The monoisotopic (exact) mass is 272 g/mol. The van der Waals surface area contributed by atoms with Gasteiger partial charge in [-0.3, -0.25) is 9.59 Å². The summed E-state index contributed by atoms with van der Waals surface area (Å²) in [7, 11) is 0. The van der Waals surface area contributed by atoms with Crippen LogP contribution in [0.2, 0.25) is 0 Å². The van der Waals surface area contributed by atoms with Crippen LogP contribution in [0.1, 0.15) is 5.56 Å². The van der Waals surface area contributed by atoms with Crippen LogP contribution in [0.3, 0.4) is 0 Å². The van der Waals surface area contributed by atoms with Crippen molar-refractivity contribution in [3.05, 3.63) is 35.9 Å². The topological polar surface area (TPSA) is 74.6 Å². The van der Waals surface area contributed by atoms with Gasteiger partial charge in [0.25, 0.3) is 0 Å². The number of rotatable bonds is 4. The van der Waals surface area contributed by atoms with Crippen LogP contribution in [0.4, 0.5) is 0 Å². The maximum Gasteiger partial charge on any atom is 0.332 e. The molecule has 1 aromatic carbocycles. The summed E-state index contributed by atoms with van der Waals surface area (Å²) in [5, 5.41) is 17.7. The van der Waals surface area contributed by atoms with Crippen molar-refractivity contribution in [2.75, 3.05) is 0 Å². The number of hydrogen-bond acceptors (Lipinski definition) is 2. The fourth-order valence-corrected chi connectivity index (χ4v) is 1.44. The van der Waals surface area contributed by atoms with Gasteiger partial charge in [-0.25, -0.2) is 0 Å². The Balaban J connectivity index is 2.95. The summed E-state index contributed by atoms with van der Waals surface area (Å²) in [6.07, 6.45) is -0.0987. The second kappa shape index (κ2) is 4.44. The van der Waals surface area contributed by atoms with Crippen molar-refractivity contribution < 1.29 is 19.8 Å². The number of benzene rings is 1. The number of halogens is 1. The summed E-state index contributed by atoms with van der Waals surface area (Å²) >= 11 is 2.75. The Morgan fingerprint density at radius 1 is 1.13 bits per heavy atom. The standard InChI is InChI=1S/C10H9BrO4/c11-10(8(12)13,9(14)15)6-7-4-2-1-3-5-7/h1-5H,6H2,(H,12,13)(H,14,15). The van der Waals surface area contributed by atoms with E-state index in [2.05, 4.69) is 15.9 Å². The molecule has 0 heterocycles. The van der Waals surface area contributed by atoms with E-state index in [1.54, 1.807) is 30.3 Å². The zero-order chi connectivity index (χ0) is 11.5. The quantitative estimate of drug-likeness (QED) is 0.644. The lowest BCUT2D eigenvalue weighted by Gasteiger charge is -2.17. The Labute approximate surface area is 94.7 Å². The Kier molecular flexibility index (Phi) is 3.47. The molecule has 0 atom stereocenters.